The van der Waals surface area contributed by atoms with E-state index in [0.717, 1.165) is 19.0 Å². The summed E-state index contributed by atoms with van der Waals surface area (Å²) in [6, 6.07) is 0. The largest absolute Gasteiger partial charge is 0.313 e. The second-order valence-corrected chi connectivity index (χ2v) is 3.74. The van der Waals surface area contributed by atoms with Gasteiger partial charge in [0.1, 0.15) is 0 Å². The first kappa shape index (κ1) is 10.8. The summed E-state index contributed by atoms with van der Waals surface area (Å²) in [6.45, 7) is 2.09. The SMILES string of the molecule is ClC/C=C/CNCC1CC=CCC1. The van der Waals surface area contributed by atoms with Crippen molar-refractivity contribution >= 4 is 11.6 Å². The molecule has 1 aliphatic rings. The van der Waals surface area contributed by atoms with Crippen molar-refractivity contribution in [1.29, 1.82) is 0 Å². The quantitative estimate of drug-likeness (QED) is 0.408. The third kappa shape index (κ3) is 5.12. The van der Waals surface area contributed by atoms with Gasteiger partial charge >= 0.3 is 0 Å². The van der Waals surface area contributed by atoms with Gasteiger partial charge in [0.05, 0.1) is 0 Å². The molecule has 1 aliphatic carbocycles. The highest BCUT2D eigenvalue weighted by Crippen LogP contribution is 2.16. The molecule has 0 aromatic rings. The summed E-state index contributed by atoms with van der Waals surface area (Å²) in [5.41, 5.74) is 0. The van der Waals surface area contributed by atoms with Gasteiger partial charge in [0.15, 0.2) is 0 Å². The molecule has 13 heavy (non-hydrogen) atoms. The Kier molecular flexibility index (Phi) is 5.96. The van der Waals surface area contributed by atoms with Gasteiger partial charge in [-0.15, -0.1) is 11.6 Å². The smallest absolute Gasteiger partial charge is 0.0404 e. The van der Waals surface area contributed by atoms with E-state index >= 15 is 0 Å². The van der Waals surface area contributed by atoms with E-state index in [1.54, 1.807) is 0 Å². The van der Waals surface area contributed by atoms with Crippen LogP contribution in [0.15, 0.2) is 24.3 Å². The molecular weight excluding hydrogens is 182 g/mol. The van der Waals surface area contributed by atoms with E-state index in [2.05, 4.69) is 23.5 Å². The molecule has 1 rings (SSSR count). The maximum atomic E-state index is 5.51. The fraction of sp³-hybridized carbons (Fsp3) is 0.636. The average Bonchev–Trinajstić information content (AvgIpc) is 2.19. The van der Waals surface area contributed by atoms with Crippen LogP contribution in [0.25, 0.3) is 0 Å². The van der Waals surface area contributed by atoms with Crippen LogP contribution in [-0.4, -0.2) is 19.0 Å². The highest BCUT2D eigenvalue weighted by molar-refractivity contribution is 6.18. The Labute approximate surface area is 85.9 Å². The summed E-state index contributed by atoms with van der Waals surface area (Å²) in [5.74, 6) is 1.46. The Morgan fingerprint density at radius 1 is 1.38 bits per heavy atom. The Morgan fingerprint density at radius 3 is 3.00 bits per heavy atom. The van der Waals surface area contributed by atoms with Crippen LogP contribution in [0, 0.1) is 5.92 Å². The third-order valence-electron chi connectivity index (χ3n) is 2.33. The standard InChI is InChI=1S/C11H18ClN/c12-8-4-5-9-13-10-11-6-2-1-3-7-11/h1-2,4-5,11,13H,3,6-10H2/b5-4+. The first-order valence-corrected chi connectivity index (χ1v) is 5.53. The topological polar surface area (TPSA) is 12.0 Å². The van der Waals surface area contributed by atoms with Crippen molar-refractivity contribution in [2.24, 2.45) is 5.92 Å². The predicted octanol–water partition coefficient (Wildman–Crippen LogP) is 2.73. The molecule has 0 aromatic carbocycles. The maximum Gasteiger partial charge on any atom is 0.0404 e. The summed E-state index contributed by atoms with van der Waals surface area (Å²) in [4.78, 5) is 0. The minimum absolute atomic E-state index is 0.619. The second-order valence-electron chi connectivity index (χ2n) is 3.43. The van der Waals surface area contributed by atoms with E-state index in [9.17, 15) is 0 Å². The first-order chi connectivity index (χ1) is 6.43. The zero-order valence-electron chi connectivity index (χ0n) is 8.01. The van der Waals surface area contributed by atoms with E-state index in [-0.39, 0.29) is 0 Å². The lowest BCUT2D eigenvalue weighted by Gasteiger charge is -2.17. The van der Waals surface area contributed by atoms with E-state index in [4.69, 9.17) is 11.6 Å². The highest BCUT2D eigenvalue weighted by atomic mass is 35.5. The molecule has 0 bridgehead atoms. The van der Waals surface area contributed by atoms with Gasteiger partial charge in [-0.2, -0.15) is 0 Å². The molecule has 0 spiro atoms. The second kappa shape index (κ2) is 7.16. The predicted molar refractivity (Wildman–Crippen MR) is 59.2 cm³/mol. The van der Waals surface area contributed by atoms with Crippen LogP contribution >= 0.6 is 11.6 Å². The zero-order valence-corrected chi connectivity index (χ0v) is 8.76. The minimum atomic E-state index is 0.619. The van der Waals surface area contributed by atoms with Crippen molar-refractivity contribution in [2.75, 3.05) is 19.0 Å². The molecule has 1 nitrogen and oxygen atoms in total. The number of hydrogen-bond acceptors (Lipinski definition) is 1. The Morgan fingerprint density at radius 2 is 2.31 bits per heavy atom. The van der Waals surface area contributed by atoms with Crippen molar-refractivity contribution < 1.29 is 0 Å². The molecule has 0 heterocycles. The lowest BCUT2D eigenvalue weighted by atomic mass is 9.94. The third-order valence-corrected chi connectivity index (χ3v) is 2.51. The molecule has 1 unspecified atom stereocenters. The number of halogens is 1. The molecule has 2 heteroatoms. The van der Waals surface area contributed by atoms with Gasteiger partial charge in [-0.25, -0.2) is 0 Å². The summed E-state index contributed by atoms with van der Waals surface area (Å²) >= 11 is 5.51. The number of allylic oxidation sites excluding steroid dienone is 3. The molecule has 0 saturated carbocycles. The normalized spacial score (nSPS) is 22.7. The molecule has 0 radical (unpaired) electrons. The van der Waals surface area contributed by atoms with Crippen LogP contribution < -0.4 is 5.32 Å². The molecular formula is C11H18ClN. The van der Waals surface area contributed by atoms with Crippen LogP contribution in [-0.2, 0) is 0 Å². The van der Waals surface area contributed by atoms with Gasteiger partial charge in [-0.05, 0) is 31.7 Å². The fourth-order valence-electron chi connectivity index (χ4n) is 1.56. The molecule has 0 saturated heterocycles. The van der Waals surface area contributed by atoms with Crippen LogP contribution in [0.3, 0.4) is 0 Å². The van der Waals surface area contributed by atoms with Crippen molar-refractivity contribution in [1.82, 2.24) is 5.32 Å². The number of rotatable bonds is 5. The lowest BCUT2D eigenvalue weighted by Crippen LogP contribution is -2.23. The van der Waals surface area contributed by atoms with E-state index < -0.39 is 0 Å². The molecule has 74 valence electrons. The van der Waals surface area contributed by atoms with Gasteiger partial charge in [-0.1, -0.05) is 24.3 Å². The van der Waals surface area contributed by atoms with Gasteiger partial charge in [0.25, 0.3) is 0 Å². The van der Waals surface area contributed by atoms with E-state index in [1.165, 1.54) is 19.3 Å². The zero-order chi connectivity index (χ0) is 9.36. The van der Waals surface area contributed by atoms with Gasteiger partial charge in [-0.3, -0.25) is 0 Å². The van der Waals surface area contributed by atoms with Crippen molar-refractivity contribution in [2.45, 2.75) is 19.3 Å². The minimum Gasteiger partial charge on any atom is -0.313 e. The van der Waals surface area contributed by atoms with Crippen molar-refractivity contribution in [3.8, 4) is 0 Å². The molecule has 0 aliphatic heterocycles. The van der Waals surface area contributed by atoms with Crippen LogP contribution in [0.1, 0.15) is 19.3 Å². The van der Waals surface area contributed by atoms with Crippen LogP contribution in [0.2, 0.25) is 0 Å². The average molecular weight is 200 g/mol. The molecule has 1 N–H and O–H groups in total. The summed E-state index contributed by atoms with van der Waals surface area (Å²) in [5, 5.41) is 3.41. The van der Waals surface area contributed by atoms with E-state index in [1.807, 2.05) is 6.08 Å². The van der Waals surface area contributed by atoms with Crippen molar-refractivity contribution in [3.05, 3.63) is 24.3 Å². The molecule has 0 aromatic heterocycles. The van der Waals surface area contributed by atoms with E-state index in [0.29, 0.717) is 5.88 Å². The highest BCUT2D eigenvalue weighted by Gasteiger charge is 2.07. The van der Waals surface area contributed by atoms with Crippen LogP contribution in [0.5, 0.6) is 0 Å². The molecule has 1 atom stereocenters. The monoisotopic (exact) mass is 199 g/mol. The Hall–Kier alpha value is -0.270. The lowest BCUT2D eigenvalue weighted by molar-refractivity contribution is 0.451. The Bertz CT molecular complexity index is 175. The Balaban J connectivity index is 1.99. The fourth-order valence-corrected chi connectivity index (χ4v) is 1.68. The van der Waals surface area contributed by atoms with Crippen LogP contribution in [0.4, 0.5) is 0 Å². The van der Waals surface area contributed by atoms with Gasteiger partial charge in [0, 0.05) is 12.4 Å². The summed E-state index contributed by atoms with van der Waals surface area (Å²) in [7, 11) is 0. The first-order valence-electron chi connectivity index (χ1n) is 5.00. The summed E-state index contributed by atoms with van der Waals surface area (Å²) in [6.07, 6.45) is 12.5. The summed E-state index contributed by atoms with van der Waals surface area (Å²) < 4.78 is 0. The number of nitrogens with one attached hydrogen (secondary N) is 1. The van der Waals surface area contributed by atoms with Gasteiger partial charge in [0.2, 0.25) is 0 Å². The van der Waals surface area contributed by atoms with Gasteiger partial charge < -0.3 is 5.32 Å². The maximum absolute atomic E-state index is 5.51. The van der Waals surface area contributed by atoms with Crippen molar-refractivity contribution in [3.63, 3.8) is 0 Å². The number of hydrogen-bond donors (Lipinski definition) is 1. The molecule has 0 amide bonds. The molecule has 0 fully saturated rings. The number of alkyl halides is 1.